The van der Waals surface area contributed by atoms with Crippen molar-refractivity contribution in [3.05, 3.63) is 12.2 Å². The van der Waals surface area contributed by atoms with E-state index in [-0.39, 0.29) is 24.7 Å². The number of hydrogen-bond donors (Lipinski definition) is 2. The Morgan fingerprint density at radius 3 is 2.39 bits per heavy atom. The number of nitrogens with zero attached hydrogens (tertiary/aromatic N) is 1. The molecule has 0 aromatic rings. The first-order valence-corrected chi connectivity index (χ1v) is 6.42. The van der Waals surface area contributed by atoms with Crippen LogP contribution in [-0.4, -0.2) is 45.7 Å². The normalized spacial score (nSPS) is 26.9. The SMILES string of the molecule is O=C(C1CC=CCC1)N1CCC(O)(C(=O)O)CC1. The summed E-state index contributed by atoms with van der Waals surface area (Å²) in [5.41, 5.74) is -1.65. The number of aliphatic carboxylic acids is 1. The molecule has 2 rings (SSSR count). The molecule has 5 nitrogen and oxygen atoms in total. The van der Waals surface area contributed by atoms with E-state index >= 15 is 0 Å². The zero-order valence-corrected chi connectivity index (χ0v) is 10.3. The van der Waals surface area contributed by atoms with Crippen LogP contribution in [0.5, 0.6) is 0 Å². The van der Waals surface area contributed by atoms with E-state index in [9.17, 15) is 14.7 Å². The van der Waals surface area contributed by atoms with Crippen LogP contribution in [0.4, 0.5) is 0 Å². The molecule has 1 saturated heterocycles. The maximum atomic E-state index is 12.2. The third-order valence-corrected chi connectivity index (χ3v) is 3.92. The molecule has 0 radical (unpaired) electrons. The van der Waals surface area contributed by atoms with E-state index in [4.69, 9.17) is 5.11 Å². The van der Waals surface area contributed by atoms with Crippen molar-refractivity contribution in [1.29, 1.82) is 0 Å². The van der Waals surface area contributed by atoms with Crippen molar-refractivity contribution in [2.24, 2.45) is 5.92 Å². The number of likely N-dealkylation sites (tertiary alicyclic amines) is 1. The van der Waals surface area contributed by atoms with Gasteiger partial charge < -0.3 is 15.1 Å². The first-order chi connectivity index (χ1) is 8.53. The van der Waals surface area contributed by atoms with Crippen LogP contribution in [0.3, 0.4) is 0 Å². The van der Waals surface area contributed by atoms with Crippen molar-refractivity contribution < 1.29 is 19.8 Å². The number of amides is 1. The van der Waals surface area contributed by atoms with Gasteiger partial charge in [0, 0.05) is 31.8 Å². The quantitative estimate of drug-likeness (QED) is 0.713. The van der Waals surface area contributed by atoms with E-state index in [2.05, 4.69) is 6.08 Å². The molecule has 1 unspecified atom stereocenters. The number of aliphatic hydroxyl groups is 1. The number of carboxylic acid groups (broad SMARTS) is 1. The van der Waals surface area contributed by atoms with Gasteiger partial charge in [-0.3, -0.25) is 4.79 Å². The Hall–Kier alpha value is -1.36. The molecule has 0 spiro atoms. The van der Waals surface area contributed by atoms with Gasteiger partial charge in [-0.1, -0.05) is 12.2 Å². The molecule has 1 atom stereocenters. The van der Waals surface area contributed by atoms with Crippen molar-refractivity contribution in [3.63, 3.8) is 0 Å². The van der Waals surface area contributed by atoms with Crippen LogP contribution in [-0.2, 0) is 9.59 Å². The van der Waals surface area contributed by atoms with Crippen LogP contribution < -0.4 is 0 Å². The summed E-state index contributed by atoms with van der Waals surface area (Å²) in [6.45, 7) is 0.670. The van der Waals surface area contributed by atoms with Gasteiger partial charge in [0.15, 0.2) is 5.60 Å². The van der Waals surface area contributed by atoms with Crippen LogP contribution in [0.25, 0.3) is 0 Å². The zero-order chi connectivity index (χ0) is 13.2. The Labute approximate surface area is 106 Å². The molecule has 5 heteroatoms. The molecule has 18 heavy (non-hydrogen) atoms. The molecule has 1 fully saturated rings. The van der Waals surface area contributed by atoms with Crippen molar-refractivity contribution in [2.45, 2.75) is 37.7 Å². The summed E-state index contributed by atoms with van der Waals surface area (Å²) in [7, 11) is 0. The monoisotopic (exact) mass is 253 g/mol. The Morgan fingerprint density at radius 1 is 1.22 bits per heavy atom. The smallest absolute Gasteiger partial charge is 0.335 e. The summed E-state index contributed by atoms with van der Waals surface area (Å²) in [5, 5.41) is 18.7. The molecule has 1 aliphatic carbocycles. The highest BCUT2D eigenvalue weighted by molar-refractivity contribution is 5.81. The van der Waals surface area contributed by atoms with E-state index in [0.29, 0.717) is 13.1 Å². The average molecular weight is 253 g/mol. The van der Waals surface area contributed by atoms with Crippen molar-refractivity contribution >= 4 is 11.9 Å². The minimum atomic E-state index is -1.65. The third kappa shape index (κ3) is 2.56. The summed E-state index contributed by atoms with van der Waals surface area (Å²) in [6.07, 6.45) is 6.94. The zero-order valence-electron chi connectivity index (χ0n) is 10.3. The average Bonchev–Trinajstić information content (AvgIpc) is 2.40. The third-order valence-electron chi connectivity index (χ3n) is 3.92. The van der Waals surface area contributed by atoms with E-state index < -0.39 is 11.6 Å². The van der Waals surface area contributed by atoms with Crippen LogP contribution in [0, 0.1) is 5.92 Å². The lowest BCUT2D eigenvalue weighted by atomic mass is 9.89. The van der Waals surface area contributed by atoms with Gasteiger partial charge in [0.1, 0.15) is 0 Å². The second kappa shape index (κ2) is 5.10. The largest absolute Gasteiger partial charge is 0.479 e. The highest BCUT2D eigenvalue weighted by Crippen LogP contribution is 2.26. The maximum Gasteiger partial charge on any atom is 0.335 e. The fourth-order valence-corrected chi connectivity index (χ4v) is 2.59. The fraction of sp³-hybridized carbons (Fsp3) is 0.692. The van der Waals surface area contributed by atoms with Gasteiger partial charge in [-0.05, 0) is 19.3 Å². The van der Waals surface area contributed by atoms with Crippen molar-refractivity contribution in [1.82, 2.24) is 4.90 Å². The van der Waals surface area contributed by atoms with Crippen LogP contribution in [0.1, 0.15) is 32.1 Å². The lowest BCUT2D eigenvalue weighted by Gasteiger charge is -2.37. The van der Waals surface area contributed by atoms with E-state index in [1.54, 1.807) is 4.90 Å². The Morgan fingerprint density at radius 2 is 1.89 bits per heavy atom. The number of rotatable bonds is 2. The predicted molar refractivity (Wildman–Crippen MR) is 64.9 cm³/mol. The topological polar surface area (TPSA) is 77.8 Å². The molecule has 0 aromatic carbocycles. The molecular formula is C13H19NO4. The molecule has 2 aliphatic rings. The van der Waals surface area contributed by atoms with Gasteiger partial charge in [0.25, 0.3) is 0 Å². The second-order valence-electron chi connectivity index (χ2n) is 5.14. The number of hydrogen-bond acceptors (Lipinski definition) is 3. The lowest BCUT2D eigenvalue weighted by molar-refractivity contribution is -0.166. The summed E-state index contributed by atoms with van der Waals surface area (Å²) in [6, 6.07) is 0. The number of carbonyl (C=O) groups is 2. The molecule has 100 valence electrons. The maximum absolute atomic E-state index is 12.2. The van der Waals surface area contributed by atoms with E-state index in [1.165, 1.54) is 0 Å². The number of carbonyl (C=O) groups excluding carboxylic acids is 1. The fourth-order valence-electron chi connectivity index (χ4n) is 2.59. The molecule has 1 aliphatic heterocycles. The van der Waals surface area contributed by atoms with Gasteiger partial charge in [-0.25, -0.2) is 4.79 Å². The van der Waals surface area contributed by atoms with Gasteiger partial charge in [0.2, 0.25) is 5.91 Å². The van der Waals surface area contributed by atoms with Gasteiger partial charge >= 0.3 is 5.97 Å². The summed E-state index contributed by atoms with van der Waals surface area (Å²) < 4.78 is 0. The highest BCUT2D eigenvalue weighted by atomic mass is 16.4. The van der Waals surface area contributed by atoms with Crippen molar-refractivity contribution in [3.8, 4) is 0 Å². The Kier molecular flexibility index (Phi) is 3.71. The first kappa shape index (κ1) is 13.1. The molecule has 2 N–H and O–H groups in total. The molecule has 0 saturated carbocycles. The second-order valence-corrected chi connectivity index (χ2v) is 5.14. The van der Waals surface area contributed by atoms with Gasteiger partial charge in [-0.2, -0.15) is 0 Å². The Balaban J connectivity index is 1.91. The molecular weight excluding hydrogens is 234 g/mol. The van der Waals surface area contributed by atoms with Gasteiger partial charge in [0.05, 0.1) is 0 Å². The first-order valence-electron chi connectivity index (χ1n) is 6.42. The van der Waals surface area contributed by atoms with Crippen LogP contribution in [0.2, 0.25) is 0 Å². The van der Waals surface area contributed by atoms with Crippen molar-refractivity contribution in [2.75, 3.05) is 13.1 Å². The van der Waals surface area contributed by atoms with E-state index in [0.717, 1.165) is 19.3 Å². The highest BCUT2D eigenvalue weighted by Gasteiger charge is 2.41. The summed E-state index contributed by atoms with van der Waals surface area (Å²) in [5.74, 6) is -1.05. The minimum Gasteiger partial charge on any atom is -0.479 e. The number of allylic oxidation sites excluding steroid dienone is 2. The number of piperidine rings is 1. The minimum absolute atomic E-state index is 0.0334. The molecule has 0 bridgehead atoms. The van der Waals surface area contributed by atoms with Gasteiger partial charge in [-0.15, -0.1) is 0 Å². The molecule has 1 heterocycles. The standard InChI is InChI=1S/C13H19NO4/c15-11(10-4-2-1-3-5-10)14-8-6-13(18,7-9-14)12(16)17/h1-2,10,18H,3-9H2,(H,16,17). The van der Waals surface area contributed by atoms with Crippen LogP contribution in [0.15, 0.2) is 12.2 Å². The predicted octanol–water partition coefficient (Wildman–Crippen LogP) is 0.781. The summed E-state index contributed by atoms with van der Waals surface area (Å²) >= 11 is 0. The number of carboxylic acids is 1. The molecule has 0 aromatic heterocycles. The lowest BCUT2D eigenvalue weighted by Crippen LogP contribution is -2.52. The van der Waals surface area contributed by atoms with E-state index in [1.807, 2.05) is 6.08 Å². The van der Waals surface area contributed by atoms with Crippen LogP contribution >= 0.6 is 0 Å². The molecule has 1 amide bonds. The Bertz CT molecular complexity index is 369. The summed E-state index contributed by atoms with van der Waals surface area (Å²) in [4.78, 5) is 24.8.